The van der Waals surface area contributed by atoms with E-state index in [-0.39, 0.29) is 0 Å². The predicted molar refractivity (Wildman–Crippen MR) is 296 cm³/mol. The summed E-state index contributed by atoms with van der Waals surface area (Å²) < 4.78 is 0. The van der Waals surface area contributed by atoms with Gasteiger partial charge in [-0.1, -0.05) is 244 Å². The third-order valence-electron chi connectivity index (χ3n) is 15.6. The highest BCUT2D eigenvalue weighted by atomic mass is 15.1. The van der Waals surface area contributed by atoms with Gasteiger partial charge in [-0.2, -0.15) is 0 Å². The van der Waals surface area contributed by atoms with Gasteiger partial charge in [-0.25, -0.2) is 0 Å². The molecule has 2 aliphatic carbocycles. The number of hydrogen-bond acceptors (Lipinski definition) is 1. The van der Waals surface area contributed by atoms with Crippen molar-refractivity contribution in [3.05, 3.63) is 283 Å². The molecule has 2 aliphatic rings. The third kappa shape index (κ3) is 6.99. The van der Waals surface area contributed by atoms with Gasteiger partial charge in [0, 0.05) is 16.9 Å². The van der Waals surface area contributed by atoms with Crippen molar-refractivity contribution < 1.29 is 0 Å². The fraction of sp³-hybridized carbons (Fsp3) is 0.101. The van der Waals surface area contributed by atoms with Gasteiger partial charge in [0.05, 0.1) is 11.1 Å². The second kappa shape index (κ2) is 17.7. The minimum Gasteiger partial charge on any atom is -0.310 e. The van der Waals surface area contributed by atoms with Crippen LogP contribution in [-0.2, 0) is 5.41 Å². The largest absolute Gasteiger partial charge is 0.310 e. The van der Waals surface area contributed by atoms with Crippen LogP contribution in [0.15, 0.2) is 255 Å². The molecule has 13 rings (SSSR count). The van der Waals surface area contributed by atoms with Crippen molar-refractivity contribution in [2.75, 3.05) is 4.90 Å². The SMILES string of the molecule is c1ccc(C2(c3ccc(N(c4ccc(-c5ccc(-c6cccc7ccccc67)cc5)cc4)c4ccccc4-c4cccc5cccc(C6CCCCC6)c45)cc3)c3ccccc3-c3ccccc32)cc1. The normalized spacial score (nSPS) is 14.1. The van der Waals surface area contributed by atoms with Crippen LogP contribution in [0.25, 0.3) is 66.1 Å². The molecule has 1 heteroatoms. The number of para-hydroxylation sites is 1. The summed E-state index contributed by atoms with van der Waals surface area (Å²) in [5.41, 5.74) is 19.5. The van der Waals surface area contributed by atoms with E-state index >= 15 is 0 Å². The molecule has 11 aromatic rings. The van der Waals surface area contributed by atoms with Crippen molar-refractivity contribution in [3.63, 3.8) is 0 Å². The van der Waals surface area contributed by atoms with Crippen molar-refractivity contribution in [1.29, 1.82) is 0 Å². The summed E-state index contributed by atoms with van der Waals surface area (Å²) in [5, 5.41) is 5.24. The van der Waals surface area contributed by atoms with Gasteiger partial charge in [-0.15, -0.1) is 0 Å². The molecule has 0 unspecified atom stereocenters. The fourth-order valence-electron chi connectivity index (χ4n) is 12.4. The lowest BCUT2D eigenvalue weighted by molar-refractivity contribution is 0.445. The molecule has 0 amide bonds. The topological polar surface area (TPSA) is 3.24 Å². The van der Waals surface area contributed by atoms with Crippen molar-refractivity contribution in [1.82, 2.24) is 0 Å². The average molecular weight is 896 g/mol. The van der Waals surface area contributed by atoms with Crippen LogP contribution in [0.2, 0.25) is 0 Å². The molecule has 0 heterocycles. The lowest BCUT2D eigenvalue weighted by atomic mass is 9.68. The molecule has 0 saturated heterocycles. The van der Waals surface area contributed by atoms with Gasteiger partial charge in [-0.3, -0.25) is 0 Å². The molecule has 0 aromatic heterocycles. The summed E-state index contributed by atoms with van der Waals surface area (Å²) in [7, 11) is 0. The molecular weight excluding hydrogens is 843 g/mol. The Morgan fingerprint density at radius 3 is 1.51 bits per heavy atom. The molecule has 70 heavy (non-hydrogen) atoms. The molecule has 0 spiro atoms. The first kappa shape index (κ1) is 41.9. The molecule has 0 bridgehead atoms. The Kier molecular flexibility index (Phi) is 10.6. The molecule has 0 N–H and O–H groups in total. The molecule has 11 aromatic carbocycles. The van der Waals surface area contributed by atoms with Crippen LogP contribution >= 0.6 is 0 Å². The number of anilines is 3. The zero-order valence-electron chi connectivity index (χ0n) is 39.3. The Balaban J connectivity index is 0.958. The number of hydrogen-bond donors (Lipinski definition) is 0. The van der Waals surface area contributed by atoms with Gasteiger partial charge in [0.1, 0.15) is 0 Å². The zero-order valence-corrected chi connectivity index (χ0v) is 39.3. The monoisotopic (exact) mass is 895 g/mol. The van der Waals surface area contributed by atoms with E-state index in [1.807, 2.05) is 0 Å². The maximum atomic E-state index is 2.49. The van der Waals surface area contributed by atoms with E-state index in [4.69, 9.17) is 0 Å². The van der Waals surface area contributed by atoms with E-state index in [2.05, 4.69) is 260 Å². The standard InChI is InChI=1S/C69H53N/c1-3-18-51(19-4-1)60-31-16-22-53-23-17-32-64(68(53)60)63-29-11-14-35-67(63)70(56-44-40-49(41-45-56)48-36-38-52(39-37-48)59-30-15-21-50-20-7-8-26-58(50)59)57-46-42-55(43-47-57)69(54-24-5-2-6-25-54)65-33-12-9-27-61(65)62-28-10-13-34-66(62)69/h2,5-17,20-47,51H,1,3-4,18-19H2. The van der Waals surface area contributed by atoms with Crippen LogP contribution in [0.4, 0.5) is 17.1 Å². The first-order chi connectivity index (χ1) is 34.7. The Bertz CT molecular complexity index is 3620. The van der Waals surface area contributed by atoms with Crippen LogP contribution in [0.5, 0.6) is 0 Å². The minimum atomic E-state index is -0.473. The Morgan fingerprint density at radius 2 is 0.814 bits per heavy atom. The molecule has 0 aliphatic heterocycles. The molecular formula is C69H53N. The first-order valence-corrected chi connectivity index (χ1v) is 25.2. The summed E-state index contributed by atoms with van der Waals surface area (Å²) in [6.45, 7) is 0. The Morgan fingerprint density at radius 1 is 0.329 bits per heavy atom. The van der Waals surface area contributed by atoms with Crippen molar-refractivity contribution in [3.8, 4) is 44.5 Å². The Labute approximate surface area is 412 Å². The van der Waals surface area contributed by atoms with Crippen LogP contribution in [0.1, 0.15) is 65.8 Å². The summed E-state index contributed by atoms with van der Waals surface area (Å²) in [6, 6.07) is 95.1. The van der Waals surface area contributed by atoms with Gasteiger partial charge in [0.2, 0.25) is 0 Å². The van der Waals surface area contributed by atoms with Crippen molar-refractivity contribution >= 4 is 38.6 Å². The second-order valence-electron chi connectivity index (χ2n) is 19.3. The van der Waals surface area contributed by atoms with E-state index in [0.29, 0.717) is 5.92 Å². The van der Waals surface area contributed by atoms with Gasteiger partial charge >= 0.3 is 0 Å². The number of benzene rings is 11. The van der Waals surface area contributed by atoms with Crippen LogP contribution in [0, 0.1) is 0 Å². The molecule has 0 radical (unpaired) electrons. The highest BCUT2D eigenvalue weighted by molar-refractivity contribution is 6.03. The number of fused-ring (bicyclic) bond motifs is 5. The van der Waals surface area contributed by atoms with E-state index < -0.39 is 5.41 Å². The summed E-state index contributed by atoms with van der Waals surface area (Å²) in [4.78, 5) is 2.49. The highest BCUT2D eigenvalue weighted by Crippen LogP contribution is 2.56. The molecule has 1 saturated carbocycles. The molecule has 1 nitrogen and oxygen atoms in total. The van der Waals surface area contributed by atoms with Crippen molar-refractivity contribution in [2.24, 2.45) is 0 Å². The van der Waals surface area contributed by atoms with Crippen LogP contribution < -0.4 is 4.90 Å². The maximum Gasteiger partial charge on any atom is 0.0713 e. The summed E-state index contributed by atoms with van der Waals surface area (Å²) in [5.74, 6) is 0.575. The van der Waals surface area contributed by atoms with Gasteiger partial charge in [-0.05, 0) is 137 Å². The lowest BCUT2D eigenvalue weighted by Gasteiger charge is -2.34. The summed E-state index contributed by atoms with van der Waals surface area (Å²) >= 11 is 0. The minimum absolute atomic E-state index is 0.473. The first-order valence-electron chi connectivity index (χ1n) is 25.2. The predicted octanol–water partition coefficient (Wildman–Crippen LogP) is 18.9. The van der Waals surface area contributed by atoms with Gasteiger partial charge in [0.15, 0.2) is 0 Å². The van der Waals surface area contributed by atoms with Crippen LogP contribution in [-0.4, -0.2) is 0 Å². The number of rotatable bonds is 9. The third-order valence-corrected chi connectivity index (χ3v) is 15.6. The Hall–Kier alpha value is -8.26. The van der Waals surface area contributed by atoms with E-state index in [1.54, 1.807) is 0 Å². The zero-order chi connectivity index (χ0) is 46.4. The van der Waals surface area contributed by atoms with Gasteiger partial charge in [0.25, 0.3) is 0 Å². The molecule has 0 atom stereocenters. The second-order valence-corrected chi connectivity index (χ2v) is 19.3. The van der Waals surface area contributed by atoms with Crippen molar-refractivity contribution in [2.45, 2.75) is 43.4 Å². The maximum absolute atomic E-state index is 2.49. The highest BCUT2D eigenvalue weighted by Gasteiger charge is 2.45. The average Bonchev–Trinajstić information content (AvgIpc) is 3.75. The van der Waals surface area contributed by atoms with E-state index in [9.17, 15) is 0 Å². The van der Waals surface area contributed by atoms with E-state index in [1.165, 1.54) is 126 Å². The lowest BCUT2D eigenvalue weighted by Crippen LogP contribution is -2.28. The molecule has 334 valence electrons. The molecule has 1 fully saturated rings. The van der Waals surface area contributed by atoms with Gasteiger partial charge < -0.3 is 4.90 Å². The quantitative estimate of drug-likeness (QED) is 0.140. The summed E-state index contributed by atoms with van der Waals surface area (Å²) in [6.07, 6.45) is 6.45. The number of nitrogens with zero attached hydrogens (tertiary/aromatic N) is 1. The van der Waals surface area contributed by atoms with Crippen LogP contribution in [0.3, 0.4) is 0 Å². The van der Waals surface area contributed by atoms with E-state index in [0.717, 1.165) is 17.1 Å². The fourth-order valence-corrected chi connectivity index (χ4v) is 12.4. The smallest absolute Gasteiger partial charge is 0.0713 e.